The summed E-state index contributed by atoms with van der Waals surface area (Å²) in [5.41, 5.74) is 3.03. The van der Waals surface area contributed by atoms with Gasteiger partial charge in [-0.3, -0.25) is 4.79 Å². The van der Waals surface area contributed by atoms with Crippen molar-refractivity contribution in [3.63, 3.8) is 0 Å². The molecule has 0 radical (unpaired) electrons. The third-order valence-corrected chi connectivity index (χ3v) is 5.89. The van der Waals surface area contributed by atoms with Crippen LogP contribution in [0.1, 0.15) is 37.8 Å². The number of amides is 1. The Balaban J connectivity index is 2.08. The van der Waals surface area contributed by atoms with Crippen molar-refractivity contribution in [1.82, 2.24) is 5.32 Å². The molecule has 19 heavy (non-hydrogen) atoms. The van der Waals surface area contributed by atoms with Crippen LogP contribution in [0.3, 0.4) is 0 Å². The number of carbonyl (C=O) groups excluding carboxylic acids is 1. The highest BCUT2D eigenvalue weighted by atomic mass is 32.2. The van der Waals surface area contributed by atoms with Gasteiger partial charge in [0, 0.05) is 22.8 Å². The van der Waals surface area contributed by atoms with E-state index in [9.17, 15) is 4.79 Å². The van der Waals surface area contributed by atoms with E-state index in [2.05, 4.69) is 43.6 Å². The molecule has 1 heterocycles. The van der Waals surface area contributed by atoms with Crippen LogP contribution in [0.4, 0.5) is 0 Å². The van der Waals surface area contributed by atoms with E-state index in [0.717, 1.165) is 12.8 Å². The number of hydrogen-bond acceptors (Lipinski definition) is 2. The molecular formula is C16H21NOS. The molecule has 1 aromatic rings. The molecule has 1 saturated heterocycles. The van der Waals surface area contributed by atoms with Crippen molar-refractivity contribution < 1.29 is 4.79 Å². The molecule has 1 aliphatic carbocycles. The van der Waals surface area contributed by atoms with Crippen LogP contribution in [-0.2, 0) is 16.6 Å². The largest absolute Gasteiger partial charge is 0.352 e. The quantitative estimate of drug-likeness (QED) is 0.798. The average molecular weight is 275 g/mol. The third kappa shape index (κ3) is 1.90. The maximum absolute atomic E-state index is 11.8. The lowest BCUT2D eigenvalue weighted by Crippen LogP contribution is -2.59. The summed E-state index contributed by atoms with van der Waals surface area (Å²) < 4.78 is 0. The molecule has 3 atom stereocenters. The SMILES string of the molecule is CSc1ccc2c(c1)CC[C@H]1NC(=O)CC(C)[C@]21C. The summed E-state index contributed by atoms with van der Waals surface area (Å²) in [6.07, 6.45) is 4.92. The molecule has 0 saturated carbocycles. The minimum absolute atomic E-state index is 0.0957. The fourth-order valence-corrected chi connectivity index (χ4v) is 4.26. The zero-order valence-electron chi connectivity index (χ0n) is 11.8. The number of piperidine rings is 1. The number of nitrogens with one attached hydrogen (secondary N) is 1. The summed E-state index contributed by atoms with van der Waals surface area (Å²) in [5.74, 6) is 0.629. The number of carbonyl (C=O) groups is 1. The molecule has 1 N–H and O–H groups in total. The minimum Gasteiger partial charge on any atom is -0.352 e. The molecule has 1 unspecified atom stereocenters. The second-order valence-corrected chi connectivity index (χ2v) is 6.95. The topological polar surface area (TPSA) is 29.1 Å². The highest BCUT2D eigenvalue weighted by molar-refractivity contribution is 7.98. The maximum Gasteiger partial charge on any atom is 0.220 e. The molecule has 2 nitrogen and oxygen atoms in total. The van der Waals surface area contributed by atoms with E-state index >= 15 is 0 Å². The first kappa shape index (κ1) is 13.0. The summed E-state index contributed by atoms with van der Waals surface area (Å²) in [5, 5.41) is 3.21. The zero-order chi connectivity index (χ0) is 13.6. The molecule has 2 aliphatic rings. The van der Waals surface area contributed by atoms with Crippen LogP contribution in [0.2, 0.25) is 0 Å². The predicted molar refractivity (Wildman–Crippen MR) is 79.6 cm³/mol. The van der Waals surface area contributed by atoms with Gasteiger partial charge in [-0.2, -0.15) is 0 Å². The number of thioether (sulfide) groups is 1. The molecule has 1 aromatic carbocycles. The number of rotatable bonds is 1. The van der Waals surface area contributed by atoms with Crippen LogP contribution in [-0.4, -0.2) is 18.2 Å². The first-order chi connectivity index (χ1) is 9.05. The summed E-state index contributed by atoms with van der Waals surface area (Å²) in [7, 11) is 0. The zero-order valence-corrected chi connectivity index (χ0v) is 12.6. The van der Waals surface area contributed by atoms with E-state index < -0.39 is 0 Å². The standard InChI is InChI=1S/C16H21NOS/c1-10-8-15(18)17-14-7-4-11-9-12(19-3)5-6-13(11)16(10,14)2/h5-6,9-10,14H,4,7-8H2,1-3H3,(H,17,18)/t10?,14-,16-/m1/s1. The monoisotopic (exact) mass is 275 g/mol. The molecule has 0 bridgehead atoms. The van der Waals surface area contributed by atoms with Crippen molar-refractivity contribution in [2.45, 2.75) is 49.5 Å². The van der Waals surface area contributed by atoms with Gasteiger partial charge in [0.05, 0.1) is 0 Å². The van der Waals surface area contributed by atoms with Crippen molar-refractivity contribution >= 4 is 17.7 Å². The normalized spacial score (nSPS) is 33.3. The van der Waals surface area contributed by atoms with E-state index in [1.165, 1.54) is 16.0 Å². The second-order valence-electron chi connectivity index (χ2n) is 6.07. The van der Waals surface area contributed by atoms with Crippen LogP contribution >= 0.6 is 11.8 Å². The Morgan fingerprint density at radius 2 is 2.21 bits per heavy atom. The fraction of sp³-hybridized carbons (Fsp3) is 0.562. The summed E-state index contributed by atoms with van der Waals surface area (Å²) in [6.45, 7) is 4.56. The summed E-state index contributed by atoms with van der Waals surface area (Å²) in [4.78, 5) is 13.1. The molecule has 0 aromatic heterocycles. The van der Waals surface area contributed by atoms with Gasteiger partial charge in [0.2, 0.25) is 5.91 Å². The highest BCUT2D eigenvalue weighted by Gasteiger charge is 2.48. The van der Waals surface area contributed by atoms with Crippen molar-refractivity contribution in [3.05, 3.63) is 29.3 Å². The van der Waals surface area contributed by atoms with E-state index in [1.54, 1.807) is 11.8 Å². The van der Waals surface area contributed by atoms with Gasteiger partial charge in [-0.1, -0.05) is 19.9 Å². The Kier molecular flexibility index (Phi) is 3.12. The summed E-state index contributed by atoms with van der Waals surface area (Å²) in [6, 6.07) is 7.16. The van der Waals surface area contributed by atoms with E-state index in [0.29, 0.717) is 18.4 Å². The first-order valence-corrected chi connectivity index (χ1v) is 8.25. The number of hydrogen-bond donors (Lipinski definition) is 1. The highest BCUT2D eigenvalue weighted by Crippen LogP contribution is 2.46. The Bertz CT molecular complexity index is 527. The molecule has 1 amide bonds. The van der Waals surface area contributed by atoms with Crippen LogP contribution in [0, 0.1) is 5.92 Å². The molecular weight excluding hydrogens is 254 g/mol. The Hall–Kier alpha value is -0.960. The average Bonchev–Trinajstić information content (AvgIpc) is 2.40. The van der Waals surface area contributed by atoms with Crippen LogP contribution < -0.4 is 5.32 Å². The van der Waals surface area contributed by atoms with Gasteiger partial charge in [0.25, 0.3) is 0 Å². The molecule has 102 valence electrons. The molecule has 1 aliphatic heterocycles. The minimum atomic E-state index is 0.0957. The Labute approximate surface area is 119 Å². The van der Waals surface area contributed by atoms with Gasteiger partial charge in [-0.15, -0.1) is 11.8 Å². The van der Waals surface area contributed by atoms with E-state index in [-0.39, 0.29) is 11.3 Å². The predicted octanol–water partition coefficient (Wildman–Crippen LogP) is 3.14. The van der Waals surface area contributed by atoms with Gasteiger partial charge in [0.1, 0.15) is 0 Å². The van der Waals surface area contributed by atoms with Gasteiger partial charge in [0.15, 0.2) is 0 Å². The Morgan fingerprint density at radius 1 is 1.42 bits per heavy atom. The summed E-state index contributed by atoms with van der Waals surface area (Å²) >= 11 is 1.80. The van der Waals surface area contributed by atoms with Crippen molar-refractivity contribution in [3.8, 4) is 0 Å². The van der Waals surface area contributed by atoms with E-state index in [1.807, 2.05) is 0 Å². The number of benzene rings is 1. The van der Waals surface area contributed by atoms with Gasteiger partial charge in [-0.05, 0) is 48.3 Å². The van der Waals surface area contributed by atoms with Gasteiger partial charge in [-0.25, -0.2) is 0 Å². The van der Waals surface area contributed by atoms with Crippen molar-refractivity contribution in [2.75, 3.05) is 6.26 Å². The lowest BCUT2D eigenvalue weighted by Gasteiger charge is -2.50. The van der Waals surface area contributed by atoms with Crippen LogP contribution in [0.15, 0.2) is 23.1 Å². The van der Waals surface area contributed by atoms with Crippen molar-refractivity contribution in [2.24, 2.45) is 5.92 Å². The van der Waals surface area contributed by atoms with Crippen molar-refractivity contribution in [1.29, 1.82) is 0 Å². The second kappa shape index (κ2) is 4.55. The molecule has 1 fully saturated rings. The molecule has 3 rings (SSSR count). The first-order valence-electron chi connectivity index (χ1n) is 7.02. The van der Waals surface area contributed by atoms with Gasteiger partial charge < -0.3 is 5.32 Å². The number of fused-ring (bicyclic) bond motifs is 3. The lowest BCUT2D eigenvalue weighted by atomic mass is 9.59. The lowest BCUT2D eigenvalue weighted by molar-refractivity contribution is -0.127. The van der Waals surface area contributed by atoms with Crippen LogP contribution in [0.5, 0.6) is 0 Å². The van der Waals surface area contributed by atoms with E-state index in [4.69, 9.17) is 0 Å². The van der Waals surface area contributed by atoms with Crippen LogP contribution in [0.25, 0.3) is 0 Å². The fourth-order valence-electron chi connectivity index (χ4n) is 3.79. The smallest absolute Gasteiger partial charge is 0.220 e. The number of aryl methyl sites for hydroxylation is 1. The van der Waals surface area contributed by atoms with Gasteiger partial charge >= 0.3 is 0 Å². The molecule has 3 heteroatoms. The third-order valence-electron chi connectivity index (χ3n) is 5.17. The maximum atomic E-state index is 11.8. The Morgan fingerprint density at radius 3 is 2.95 bits per heavy atom. The molecule has 0 spiro atoms.